The normalized spacial score (nSPS) is 16.4. The molecule has 5 heteroatoms. The highest BCUT2D eigenvalue weighted by Gasteiger charge is 2.23. The summed E-state index contributed by atoms with van der Waals surface area (Å²) in [7, 11) is 1.85. The average Bonchev–Trinajstić information content (AvgIpc) is 3.40. The number of nitrogens with zero attached hydrogens (tertiary/aromatic N) is 2. The lowest BCUT2D eigenvalue weighted by Gasteiger charge is -2.20. The fraction of sp³-hybridized carbons (Fsp3) is 0.273. The van der Waals surface area contributed by atoms with Gasteiger partial charge < -0.3 is 10.2 Å². The third-order valence-corrected chi connectivity index (χ3v) is 5.95. The lowest BCUT2D eigenvalue weighted by molar-refractivity contribution is 0.0782. The Balaban J connectivity index is 1.50. The molecule has 1 saturated heterocycles. The SMILES string of the molecule is CN(Cc1csc(-c2ccccc2)n1)C(=O)c1ccccc1C1CCNC1. The minimum Gasteiger partial charge on any atom is -0.336 e. The molecule has 1 fully saturated rings. The lowest BCUT2D eigenvalue weighted by atomic mass is 9.93. The van der Waals surface area contributed by atoms with E-state index in [9.17, 15) is 4.79 Å². The molecule has 1 N–H and O–H groups in total. The third kappa shape index (κ3) is 3.94. The molecule has 0 spiro atoms. The molecule has 1 aliphatic rings. The van der Waals surface area contributed by atoms with Gasteiger partial charge in [-0.25, -0.2) is 4.98 Å². The Bertz CT molecular complexity index is 916. The molecule has 1 aliphatic heterocycles. The summed E-state index contributed by atoms with van der Waals surface area (Å²) >= 11 is 1.62. The molecule has 27 heavy (non-hydrogen) atoms. The summed E-state index contributed by atoms with van der Waals surface area (Å²) in [5.74, 6) is 0.481. The maximum Gasteiger partial charge on any atom is 0.254 e. The van der Waals surface area contributed by atoms with Gasteiger partial charge in [-0.15, -0.1) is 11.3 Å². The van der Waals surface area contributed by atoms with E-state index >= 15 is 0 Å². The highest BCUT2D eigenvalue weighted by atomic mass is 32.1. The van der Waals surface area contributed by atoms with Gasteiger partial charge in [-0.3, -0.25) is 4.79 Å². The first-order valence-electron chi connectivity index (χ1n) is 9.27. The number of rotatable bonds is 5. The van der Waals surface area contributed by atoms with Crippen LogP contribution in [0, 0.1) is 0 Å². The number of amides is 1. The van der Waals surface area contributed by atoms with Gasteiger partial charge in [0.15, 0.2) is 0 Å². The van der Waals surface area contributed by atoms with Crippen LogP contribution in [0.1, 0.15) is 34.0 Å². The maximum atomic E-state index is 13.1. The van der Waals surface area contributed by atoms with Gasteiger partial charge in [0.05, 0.1) is 12.2 Å². The molecule has 0 saturated carbocycles. The fourth-order valence-electron chi connectivity index (χ4n) is 3.58. The van der Waals surface area contributed by atoms with Crippen molar-refractivity contribution in [3.8, 4) is 10.6 Å². The van der Waals surface area contributed by atoms with E-state index in [-0.39, 0.29) is 5.91 Å². The number of hydrogen-bond donors (Lipinski definition) is 1. The van der Waals surface area contributed by atoms with Crippen molar-refractivity contribution in [1.29, 1.82) is 0 Å². The fourth-order valence-corrected chi connectivity index (χ4v) is 4.40. The van der Waals surface area contributed by atoms with Crippen LogP contribution in [-0.2, 0) is 6.54 Å². The van der Waals surface area contributed by atoms with Crippen molar-refractivity contribution >= 4 is 17.2 Å². The van der Waals surface area contributed by atoms with Gasteiger partial charge in [-0.2, -0.15) is 0 Å². The number of aromatic nitrogens is 1. The molecular weight excluding hydrogens is 354 g/mol. The standard InChI is InChI=1S/C22H23N3OS/c1-25(14-18-15-27-21(24-18)16-7-3-2-4-8-16)22(26)20-10-6-5-9-19(20)17-11-12-23-13-17/h2-10,15,17,23H,11-14H2,1H3. The van der Waals surface area contributed by atoms with E-state index in [1.807, 2.05) is 48.8 Å². The molecule has 4 rings (SSSR count). The molecule has 3 aromatic rings. The first kappa shape index (κ1) is 17.9. The Hall–Kier alpha value is -2.50. The van der Waals surface area contributed by atoms with Crippen molar-refractivity contribution in [3.63, 3.8) is 0 Å². The van der Waals surface area contributed by atoms with E-state index in [0.717, 1.165) is 46.9 Å². The number of carbonyl (C=O) groups excluding carboxylic acids is 1. The number of nitrogens with one attached hydrogen (secondary N) is 1. The van der Waals surface area contributed by atoms with Crippen LogP contribution in [0.2, 0.25) is 0 Å². The van der Waals surface area contributed by atoms with Crippen molar-refractivity contribution in [2.75, 3.05) is 20.1 Å². The molecule has 2 heterocycles. The Morgan fingerprint density at radius 3 is 2.74 bits per heavy atom. The molecule has 1 unspecified atom stereocenters. The zero-order valence-corrected chi connectivity index (χ0v) is 16.2. The molecule has 1 amide bonds. The minimum atomic E-state index is 0.0618. The van der Waals surface area contributed by atoms with Gasteiger partial charge >= 0.3 is 0 Å². The molecule has 1 aromatic heterocycles. The van der Waals surface area contributed by atoms with E-state index in [4.69, 9.17) is 4.98 Å². The zero-order chi connectivity index (χ0) is 18.6. The third-order valence-electron chi connectivity index (χ3n) is 5.01. The van der Waals surface area contributed by atoms with Crippen LogP contribution in [0.25, 0.3) is 10.6 Å². The molecule has 0 aliphatic carbocycles. The van der Waals surface area contributed by atoms with Crippen molar-refractivity contribution in [3.05, 3.63) is 76.8 Å². The van der Waals surface area contributed by atoms with E-state index in [2.05, 4.69) is 23.5 Å². The molecular formula is C22H23N3OS. The second-order valence-corrected chi connectivity index (χ2v) is 7.81. The highest BCUT2D eigenvalue weighted by molar-refractivity contribution is 7.13. The van der Waals surface area contributed by atoms with E-state index in [1.54, 1.807) is 16.2 Å². The van der Waals surface area contributed by atoms with Gasteiger partial charge in [0.25, 0.3) is 5.91 Å². The predicted octanol–water partition coefficient (Wildman–Crippen LogP) is 4.16. The second-order valence-electron chi connectivity index (χ2n) is 6.95. The Morgan fingerprint density at radius 1 is 1.19 bits per heavy atom. The zero-order valence-electron chi connectivity index (χ0n) is 15.4. The monoisotopic (exact) mass is 377 g/mol. The first-order valence-corrected chi connectivity index (χ1v) is 10.2. The molecule has 2 aromatic carbocycles. The summed E-state index contributed by atoms with van der Waals surface area (Å²) in [5.41, 5.74) is 4.01. The van der Waals surface area contributed by atoms with Crippen LogP contribution in [0.5, 0.6) is 0 Å². The quantitative estimate of drug-likeness (QED) is 0.726. The number of benzene rings is 2. The van der Waals surface area contributed by atoms with Gasteiger partial charge in [0.1, 0.15) is 5.01 Å². The summed E-state index contributed by atoms with van der Waals surface area (Å²) in [6.45, 7) is 2.48. The Labute approximate surface area is 163 Å². The summed E-state index contributed by atoms with van der Waals surface area (Å²) in [5, 5.41) is 6.42. The maximum absolute atomic E-state index is 13.1. The van der Waals surface area contributed by atoms with Crippen molar-refractivity contribution in [2.24, 2.45) is 0 Å². The van der Waals surface area contributed by atoms with E-state index < -0.39 is 0 Å². The van der Waals surface area contributed by atoms with Crippen LogP contribution in [0.15, 0.2) is 60.0 Å². The molecule has 0 radical (unpaired) electrons. The summed E-state index contributed by atoms with van der Waals surface area (Å²) in [6, 6.07) is 18.2. The highest BCUT2D eigenvalue weighted by Crippen LogP contribution is 2.27. The van der Waals surface area contributed by atoms with Crippen LogP contribution in [0.3, 0.4) is 0 Å². The van der Waals surface area contributed by atoms with Crippen molar-refractivity contribution in [1.82, 2.24) is 15.2 Å². The van der Waals surface area contributed by atoms with Crippen LogP contribution in [0.4, 0.5) is 0 Å². The second kappa shape index (κ2) is 8.03. The molecule has 138 valence electrons. The van der Waals surface area contributed by atoms with Crippen LogP contribution in [-0.4, -0.2) is 35.9 Å². The van der Waals surface area contributed by atoms with Gasteiger partial charge in [-0.05, 0) is 30.5 Å². The smallest absolute Gasteiger partial charge is 0.254 e. The van der Waals surface area contributed by atoms with Crippen LogP contribution >= 0.6 is 11.3 Å². The summed E-state index contributed by atoms with van der Waals surface area (Å²) in [6.07, 6.45) is 1.08. The van der Waals surface area contributed by atoms with Crippen LogP contribution < -0.4 is 5.32 Å². The molecule has 1 atom stereocenters. The average molecular weight is 378 g/mol. The minimum absolute atomic E-state index is 0.0618. The van der Waals surface area contributed by atoms with E-state index in [1.165, 1.54) is 0 Å². The topological polar surface area (TPSA) is 45.2 Å². The van der Waals surface area contributed by atoms with Crippen molar-refractivity contribution in [2.45, 2.75) is 18.9 Å². The van der Waals surface area contributed by atoms with Gasteiger partial charge in [-0.1, -0.05) is 48.5 Å². The predicted molar refractivity (Wildman–Crippen MR) is 110 cm³/mol. The van der Waals surface area contributed by atoms with E-state index in [0.29, 0.717) is 12.5 Å². The number of carbonyl (C=O) groups is 1. The molecule has 4 nitrogen and oxygen atoms in total. The number of thiazole rings is 1. The molecule has 0 bridgehead atoms. The largest absolute Gasteiger partial charge is 0.336 e. The summed E-state index contributed by atoms with van der Waals surface area (Å²) < 4.78 is 0. The Morgan fingerprint density at radius 2 is 1.96 bits per heavy atom. The lowest BCUT2D eigenvalue weighted by Crippen LogP contribution is -2.28. The van der Waals surface area contributed by atoms with Gasteiger partial charge in [0.2, 0.25) is 0 Å². The van der Waals surface area contributed by atoms with Crippen molar-refractivity contribution < 1.29 is 4.79 Å². The van der Waals surface area contributed by atoms with Gasteiger partial charge in [0, 0.05) is 30.1 Å². The number of hydrogen-bond acceptors (Lipinski definition) is 4. The summed E-state index contributed by atoms with van der Waals surface area (Å²) in [4.78, 5) is 19.6. The first-order chi connectivity index (χ1) is 13.2. The Kier molecular flexibility index (Phi) is 5.32.